The number of hydrogen-bond acceptors (Lipinski definition) is 2. The number of alkyl halides is 1. The second kappa shape index (κ2) is 6.59. The largest absolute Gasteiger partial charge is 0.327 e. The number of likely N-dealkylation sites (N-methyl/N-ethyl adjacent to an activating group) is 1. The first-order chi connectivity index (χ1) is 9.54. The van der Waals surface area contributed by atoms with Gasteiger partial charge in [-0.1, -0.05) is 12.1 Å². The minimum atomic E-state index is 0.558. The fourth-order valence-corrected chi connectivity index (χ4v) is 2.55. The van der Waals surface area contributed by atoms with Crippen molar-refractivity contribution in [1.29, 1.82) is 0 Å². The minimum Gasteiger partial charge on any atom is -0.327 e. The normalized spacial score (nSPS) is 11.9. The molecule has 0 aliphatic rings. The van der Waals surface area contributed by atoms with Gasteiger partial charge in [-0.05, 0) is 39.4 Å². The van der Waals surface area contributed by atoms with Crippen LogP contribution in [0.1, 0.15) is 25.2 Å². The fraction of sp³-hybridized carbons (Fsp3) is 0.562. The van der Waals surface area contributed by atoms with Crippen molar-refractivity contribution in [3.8, 4) is 0 Å². The number of benzene rings is 1. The number of aromatic nitrogens is 2. The van der Waals surface area contributed by atoms with Gasteiger partial charge in [0, 0.05) is 31.4 Å². The second-order valence-electron chi connectivity index (χ2n) is 5.64. The van der Waals surface area contributed by atoms with E-state index in [2.05, 4.69) is 55.5 Å². The standard InChI is InChI=1S/C16H24ClN3/c1-12(2)19(4)10-11-20-14-7-5-6-13(3)16(14)18-15(20)8-9-17/h5-7,12H,8-11H2,1-4H3. The van der Waals surface area contributed by atoms with Crippen molar-refractivity contribution in [2.24, 2.45) is 0 Å². The Kier molecular flexibility index (Phi) is 5.06. The summed E-state index contributed by atoms with van der Waals surface area (Å²) < 4.78 is 2.32. The van der Waals surface area contributed by atoms with E-state index in [-0.39, 0.29) is 0 Å². The van der Waals surface area contributed by atoms with Crippen molar-refractivity contribution in [3.63, 3.8) is 0 Å². The zero-order valence-corrected chi connectivity index (χ0v) is 13.6. The van der Waals surface area contributed by atoms with Crippen LogP contribution in [0.15, 0.2) is 18.2 Å². The van der Waals surface area contributed by atoms with Gasteiger partial charge in [-0.15, -0.1) is 11.6 Å². The molecule has 1 aromatic heterocycles. The summed E-state index contributed by atoms with van der Waals surface area (Å²) >= 11 is 5.92. The molecule has 4 heteroatoms. The minimum absolute atomic E-state index is 0.558. The smallest absolute Gasteiger partial charge is 0.111 e. The molecule has 0 saturated heterocycles. The molecule has 2 aromatic rings. The van der Waals surface area contributed by atoms with Crippen LogP contribution in [0.3, 0.4) is 0 Å². The summed E-state index contributed by atoms with van der Waals surface area (Å²) in [5, 5.41) is 0. The monoisotopic (exact) mass is 293 g/mol. The Bertz CT molecular complexity index is 574. The lowest BCUT2D eigenvalue weighted by molar-refractivity contribution is 0.263. The molecule has 0 radical (unpaired) electrons. The van der Waals surface area contributed by atoms with E-state index >= 15 is 0 Å². The maximum Gasteiger partial charge on any atom is 0.111 e. The van der Waals surface area contributed by atoms with E-state index in [0.29, 0.717) is 11.9 Å². The summed E-state index contributed by atoms with van der Waals surface area (Å²) in [7, 11) is 2.16. The Balaban J connectivity index is 2.34. The summed E-state index contributed by atoms with van der Waals surface area (Å²) in [5.74, 6) is 1.71. The zero-order chi connectivity index (χ0) is 14.7. The molecule has 0 saturated carbocycles. The molecule has 0 bridgehead atoms. The van der Waals surface area contributed by atoms with E-state index in [0.717, 1.165) is 30.9 Å². The third-order valence-electron chi connectivity index (χ3n) is 3.94. The first-order valence-electron chi connectivity index (χ1n) is 7.25. The van der Waals surface area contributed by atoms with E-state index in [4.69, 9.17) is 16.6 Å². The predicted octanol–water partition coefficient (Wildman–Crippen LogP) is 3.47. The summed E-state index contributed by atoms with van der Waals surface area (Å²) in [6, 6.07) is 6.93. The molecular weight excluding hydrogens is 270 g/mol. The Morgan fingerprint density at radius 1 is 1.35 bits per heavy atom. The molecule has 0 N–H and O–H groups in total. The molecule has 0 amide bonds. The lowest BCUT2D eigenvalue weighted by Crippen LogP contribution is -2.30. The summed E-state index contributed by atoms with van der Waals surface area (Å²) in [6.45, 7) is 8.53. The summed E-state index contributed by atoms with van der Waals surface area (Å²) in [4.78, 5) is 7.14. The van der Waals surface area contributed by atoms with Gasteiger partial charge < -0.3 is 9.47 Å². The lowest BCUT2D eigenvalue weighted by Gasteiger charge is -2.21. The zero-order valence-electron chi connectivity index (χ0n) is 12.9. The molecule has 0 aliphatic carbocycles. The first kappa shape index (κ1) is 15.3. The molecular formula is C16H24ClN3. The molecule has 3 nitrogen and oxygen atoms in total. The van der Waals surface area contributed by atoms with Gasteiger partial charge in [0.2, 0.25) is 0 Å². The SMILES string of the molecule is Cc1cccc2c1nc(CCCl)n2CCN(C)C(C)C. The lowest BCUT2D eigenvalue weighted by atomic mass is 10.2. The van der Waals surface area contributed by atoms with Gasteiger partial charge >= 0.3 is 0 Å². The topological polar surface area (TPSA) is 21.1 Å². The van der Waals surface area contributed by atoms with Crippen LogP contribution in [0.25, 0.3) is 11.0 Å². The number of para-hydroxylation sites is 1. The fourth-order valence-electron chi connectivity index (χ4n) is 2.38. The molecule has 2 rings (SSSR count). The van der Waals surface area contributed by atoms with Crippen molar-refractivity contribution in [2.75, 3.05) is 19.5 Å². The molecule has 0 unspecified atom stereocenters. The number of nitrogens with zero attached hydrogens (tertiary/aromatic N) is 3. The number of halogens is 1. The average molecular weight is 294 g/mol. The van der Waals surface area contributed by atoms with Crippen LogP contribution in [0.5, 0.6) is 0 Å². The molecule has 0 spiro atoms. The quantitative estimate of drug-likeness (QED) is 0.761. The van der Waals surface area contributed by atoms with E-state index in [1.807, 2.05) is 0 Å². The van der Waals surface area contributed by atoms with Crippen LogP contribution in [0, 0.1) is 6.92 Å². The molecule has 1 aromatic carbocycles. The second-order valence-corrected chi connectivity index (χ2v) is 6.01. The van der Waals surface area contributed by atoms with Gasteiger partial charge in [0.15, 0.2) is 0 Å². The van der Waals surface area contributed by atoms with Gasteiger partial charge in [-0.2, -0.15) is 0 Å². The van der Waals surface area contributed by atoms with Crippen LogP contribution in [0.4, 0.5) is 0 Å². The van der Waals surface area contributed by atoms with Crippen molar-refractivity contribution < 1.29 is 0 Å². The van der Waals surface area contributed by atoms with Crippen LogP contribution in [0.2, 0.25) is 0 Å². The maximum absolute atomic E-state index is 5.92. The van der Waals surface area contributed by atoms with Crippen molar-refractivity contribution >= 4 is 22.6 Å². The van der Waals surface area contributed by atoms with Gasteiger partial charge in [0.25, 0.3) is 0 Å². The first-order valence-corrected chi connectivity index (χ1v) is 7.79. The third kappa shape index (κ3) is 3.15. The number of hydrogen-bond donors (Lipinski definition) is 0. The van der Waals surface area contributed by atoms with Crippen molar-refractivity contribution in [3.05, 3.63) is 29.6 Å². The summed E-state index contributed by atoms with van der Waals surface area (Å²) in [6.07, 6.45) is 0.821. The van der Waals surface area contributed by atoms with Crippen LogP contribution in [-0.4, -0.2) is 40.0 Å². The van der Waals surface area contributed by atoms with Gasteiger partial charge in [0.1, 0.15) is 5.82 Å². The van der Waals surface area contributed by atoms with Gasteiger partial charge in [-0.3, -0.25) is 0 Å². The highest BCUT2D eigenvalue weighted by atomic mass is 35.5. The Morgan fingerprint density at radius 3 is 2.75 bits per heavy atom. The Hall–Kier alpha value is -1.06. The number of imidazole rings is 1. The van der Waals surface area contributed by atoms with Crippen LogP contribution >= 0.6 is 11.6 Å². The number of aryl methyl sites for hydroxylation is 2. The molecule has 0 atom stereocenters. The molecule has 20 heavy (non-hydrogen) atoms. The van der Waals surface area contributed by atoms with E-state index in [1.54, 1.807) is 0 Å². The Labute approximate surface area is 126 Å². The highest BCUT2D eigenvalue weighted by Gasteiger charge is 2.12. The molecule has 0 fully saturated rings. The van der Waals surface area contributed by atoms with Gasteiger partial charge in [0.05, 0.1) is 11.0 Å². The van der Waals surface area contributed by atoms with Gasteiger partial charge in [-0.25, -0.2) is 4.98 Å². The maximum atomic E-state index is 5.92. The number of rotatable bonds is 6. The summed E-state index contributed by atoms with van der Waals surface area (Å²) in [5.41, 5.74) is 3.57. The van der Waals surface area contributed by atoms with Crippen molar-refractivity contribution in [2.45, 2.75) is 39.8 Å². The molecule has 1 heterocycles. The number of fused-ring (bicyclic) bond motifs is 1. The average Bonchev–Trinajstić information content (AvgIpc) is 2.76. The van der Waals surface area contributed by atoms with E-state index in [1.165, 1.54) is 11.1 Å². The van der Waals surface area contributed by atoms with Crippen LogP contribution < -0.4 is 0 Å². The van der Waals surface area contributed by atoms with E-state index in [9.17, 15) is 0 Å². The molecule has 0 aliphatic heterocycles. The van der Waals surface area contributed by atoms with Crippen LogP contribution in [-0.2, 0) is 13.0 Å². The Morgan fingerprint density at radius 2 is 2.10 bits per heavy atom. The highest BCUT2D eigenvalue weighted by molar-refractivity contribution is 6.17. The molecule has 110 valence electrons. The van der Waals surface area contributed by atoms with Crippen molar-refractivity contribution in [1.82, 2.24) is 14.5 Å². The predicted molar refractivity (Wildman–Crippen MR) is 86.7 cm³/mol. The van der Waals surface area contributed by atoms with E-state index < -0.39 is 0 Å². The highest BCUT2D eigenvalue weighted by Crippen LogP contribution is 2.20. The third-order valence-corrected chi connectivity index (χ3v) is 4.12.